The van der Waals surface area contributed by atoms with Gasteiger partial charge in [-0.15, -0.1) is 0 Å². The van der Waals surface area contributed by atoms with E-state index in [4.69, 9.17) is 14.2 Å². The van der Waals surface area contributed by atoms with Gasteiger partial charge in [0.25, 0.3) is 5.91 Å². The zero-order valence-corrected chi connectivity index (χ0v) is 14.3. The van der Waals surface area contributed by atoms with E-state index < -0.39 is 0 Å². The predicted octanol–water partition coefficient (Wildman–Crippen LogP) is 3.16. The summed E-state index contributed by atoms with van der Waals surface area (Å²) in [4.78, 5) is 23.8. The third-order valence-corrected chi connectivity index (χ3v) is 4.18. The van der Waals surface area contributed by atoms with Gasteiger partial charge in [-0.05, 0) is 18.8 Å². The van der Waals surface area contributed by atoms with Gasteiger partial charge in [0, 0.05) is 30.3 Å². The average molecular weight is 335 g/mol. The third-order valence-electron chi connectivity index (χ3n) is 4.18. The fourth-order valence-corrected chi connectivity index (χ4v) is 2.91. The molecule has 2 rings (SSSR count). The molecule has 0 heterocycles. The van der Waals surface area contributed by atoms with Crippen molar-refractivity contribution in [2.75, 3.05) is 26.1 Å². The van der Waals surface area contributed by atoms with Gasteiger partial charge in [0.15, 0.2) is 6.61 Å². The molecule has 1 aliphatic carbocycles. The van der Waals surface area contributed by atoms with E-state index in [1.165, 1.54) is 33.5 Å². The zero-order valence-electron chi connectivity index (χ0n) is 14.3. The standard InChI is InChI=1S/C18H25NO5/c1-22-15-9-14(10-16(11-15)23-2)19-17(20)12-24-18(21)8-13-6-4-3-5-7-13/h9-11,13H,3-8,12H2,1-2H3,(H,19,20). The first-order valence-electron chi connectivity index (χ1n) is 8.29. The molecule has 0 unspecified atom stereocenters. The molecule has 24 heavy (non-hydrogen) atoms. The lowest BCUT2D eigenvalue weighted by atomic mass is 9.87. The Balaban J connectivity index is 1.79. The number of esters is 1. The maximum absolute atomic E-state index is 11.9. The first-order chi connectivity index (χ1) is 11.6. The molecular weight excluding hydrogens is 310 g/mol. The summed E-state index contributed by atoms with van der Waals surface area (Å²) in [5.74, 6) is 0.845. The van der Waals surface area contributed by atoms with Gasteiger partial charge < -0.3 is 19.5 Å². The van der Waals surface area contributed by atoms with Crippen LogP contribution in [0.15, 0.2) is 18.2 Å². The summed E-state index contributed by atoms with van der Waals surface area (Å²) in [5.41, 5.74) is 0.527. The van der Waals surface area contributed by atoms with Gasteiger partial charge in [-0.25, -0.2) is 0 Å². The van der Waals surface area contributed by atoms with Crippen molar-refractivity contribution in [3.05, 3.63) is 18.2 Å². The van der Waals surface area contributed by atoms with Crippen LogP contribution in [0.2, 0.25) is 0 Å². The molecule has 0 atom stereocenters. The Morgan fingerprint density at radius 1 is 1.04 bits per heavy atom. The Morgan fingerprint density at radius 2 is 1.67 bits per heavy atom. The van der Waals surface area contributed by atoms with Gasteiger partial charge in [-0.1, -0.05) is 19.3 Å². The van der Waals surface area contributed by atoms with Crippen molar-refractivity contribution in [3.63, 3.8) is 0 Å². The first-order valence-corrected chi connectivity index (χ1v) is 8.29. The van der Waals surface area contributed by atoms with E-state index in [9.17, 15) is 9.59 Å². The molecule has 6 nitrogen and oxygen atoms in total. The van der Waals surface area contributed by atoms with E-state index in [1.54, 1.807) is 18.2 Å². The summed E-state index contributed by atoms with van der Waals surface area (Å²) < 4.78 is 15.4. The Kier molecular flexibility index (Phi) is 6.90. The highest BCUT2D eigenvalue weighted by Crippen LogP contribution is 2.27. The largest absolute Gasteiger partial charge is 0.497 e. The predicted molar refractivity (Wildman–Crippen MR) is 90.3 cm³/mol. The number of hydrogen-bond donors (Lipinski definition) is 1. The fraction of sp³-hybridized carbons (Fsp3) is 0.556. The van der Waals surface area contributed by atoms with Crippen molar-refractivity contribution in [2.24, 2.45) is 5.92 Å². The van der Waals surface area contributed by atoms with Gasteiger partial charge in [-0.3, -0.25) is 9.59 Å². The number of carbonyl (C=O) groups excluding carboxylic acids is 2. The molecule has 1 aromatic carbocycles. The van der Waals surface area contributed by atoms with Crippen LogP contribution in [0.5, 0.6) is 11.5 Å². The van der Waals surface area contributed by atoms with E-state index in [-0.39, 0.29) is 18.5 Å². The number of hydrogen-bond acceptors (Lipinski definition) is 5. The number of anilines is 1. The van der Waals surface area contributed by atoms with Crippen LogP contribution in [-0.4, -0.2) is 32.7 Å². The van der Waals surface area contributed by atoms with Gasteiger partial charge in [-0.2, -0.15) is 0 Å². The fourth-order valence-electron chi connectivity index (χ4n) is 2.91. The molecule has 0 aromatic heterocycles. The second kappa shape index (κ2) is 9.15. The quantitative estimate of drug-likeness (QED) is 0.775. The minimum atomic E-state index is -0.387. The van der Waals surface area contributed by atoms with Crippen LogP contribution in [0.3, 0.4) is 0 Å². The number of rotatable bonds is 7. The number of carbonyl (C=O) groups is 2. The molecule has 1 aromatic rings. The second-order valence-electron chi connectivity index (χ2n) is 6.02. The maximum atomic E-state index is 11.9. The lowest BCUT2D eigenvalue weighted by Gasteiger charge is -2.20. The molecule has 132 valence electrons. The number of nitrogens with one attached hydrogen (secondary N) is 1. The molecular formula is C18H25NO5. The minimum absolute atomic E-state index is 0.287. The molecule has 0 saturated heterocycles. The normalized spacial score (nSPS) is 14.8. The van der Waals surface area contributed by atoms with E-state index >= 15 is 0 Å². The van der Waals surface area contributed by atoms with E-state index in [0.717, 1.165) is 12.8 Å². The van der Waals surface area contributed by atoms with Crippen LogP contribution in [0.1, 0.15) is 38.5 Å². The van der Waals surface area contributed by atoms with Crippen molar-refractivity contribution in [3.8, 4) is 11.5 Å². The Hall–Kier alpha value is -2.24. The summed E-state index contributed by atoms with van der Waals surface area (Å²) >= 11 is 0. The van der Waals surface area contributed by atoms with Gasteiger partial charge in [0.1, 0.15) is 11.5 Å². The van der Waals surface area contributed by atoms with Crippen LogP contribution >= 0.6 is 0 Å². The molecule has 1 aliphatic rings. The molecule has 0 radical (unpaired) electrons. The molecule has 0 aliphatic heterocycles. The Bertz CT molecular complexity index is 544. The number of methoxy groups -OCH3 is 2. The van der Waals surface area contributed by atoms with E-state index in [1.807, 2.05) is 0 Å². The average Bonchev–Trinajstić information content (AvgIpc) is 2.60. The van der Waals surface area contributed by atoms with Crippen LogP contribution in [0.25, 0.3) is 0 Å². The summed E-state index contributed by atoms with van der Waals surface area (Å²) in [6.45, 7) is -0.287. The molecule has 6 heteroatoms. The molecule has 0 bridgehead atoms. The van der Waals surface area contributed by atoms with Crippen LogP contribution in [0.4, 0.5) is 5.69 Å². The number of benzene rings is 1. The highest BCUT2D eigenvalue weighted by atomic mass is 16.5. The number of ether oxygens (including phenoxy) is 3. The van der Waals surface area contributed by atoms with Crippen molar-refractivity contribution in [2.45, 2.75) is 38.5 Å². The summed E-state index contributed by atoms with van der Waals surface area (Å²) in [6, 6.07) is 5.05. The van der Waals surface area contributed by atoms with Gasteiger partial charge in [0.2, 0.25) is 0 Å². The van der Waals surface area contributed by atoms with Gasteiger partial charge >= 0.3 is 5.97 Å². The lowest BCUT2D eigenvalue weighted by molar-refractivity contribution is -0.148. The van der Waals surface area contributed by atoms with Crippen molar-refractivity contribution >= 4 is 17.6 Å². The highest BCUT2D eigenvalue weighted by Gasteiger charge is 2.18. The summed E-state index contributed by atoms with van der Waals surface area (Å²) in [6.07, 6.45) is 6.15. The molecule has 1 fully saturated rings. The highest BCUT2D eigenvalue weighted by molar-refractivity contribution is 5.93. The smallest absolute Gasteiger partial charge is 0.306 e. The molecule has 1 amide bonds. The monoisotopic (exact) mass is 335 g/mol. The minimum Gasteiger partial charge on any atom is -0.497 e. The third kappa shape index (κ3) is 5.76. The van der Waals surface area contributed by atoms with Gasteiger partial charge in [0.05, 0.1) is 14.2 Å². The molecule has 1 saturated carbocycles. The first kappa shape index (κ1) is 18.1. The summed E-state index contributed by atoms with van der Waals surface area (Å²) in [5, 5.41) is 2.67. The Morgan fingerprint density at radius 3 is 2.25 bits per heavy atom. The maximum Gasteiger partial charge on any atom is 0.306 e. The summed E-state index contributed by atoms with van der Waals surface area (Å²) in [7, 11) is 3.07. The number of amides is 1. The molecule has 1 N–H and O–H groups in total. The SMILES string of the molecule is COc1cc(NC(=O)COC(=O)CC2CCCCC2)cc(OC)c1. The second-order valence-corrected chi connectivity index (χ2v) is 6.02. The van der Waals surface area contributed by atoms with Crippen LogP contribution in [-0.2, 0) is 14.3 Å². The van der Waals surface area contributed by atoms with E-state index in [0.29, 0.717) is 29.5 Å². The lowest BCUT2D eigenvalue weighted by Crippen LogP contribution is -2.22. The molecule has 0 spiro atoms. The Labute approximate surface area is 142 Å². The van der Waals surface area contributed by atoms with E-state index in [2.05, 4.69) is 5.32 Å². The zero-order chi connectivity index (χ0) is 17.4. The van der Waals surface area contributed by atoms with Crippen LogP contribution in [0, 0.1) is 5.92 Å². The van der Waals surface area contributed by atoms with Crippen molar-refractivity contribution in [1.82, 2.24) is 0 Å². The topological polar surface area (TPSA) is 73.9 Å². The van der Waals surface area contributed by atoms with Crippen molar-refractivity contribution < 1.29 is 23.8 Å². The van der Waals surface area contributed by atoms with Crippen molar-refractivity contribution in [1.29, 1.82) is 0 Å². The van der Waals surface area contributed by atoms with Crippen LogP contribution < -0.4 is 14.8 Å².